The summed E-state index contributed by atoms with van der Waals surface area (Å²) in [5, 5.41) is 12.1. The molecule has 88 valence electrons. The van der Waals surface area contributed by atoms with Crippen molar-refractivity contribution in [2.75, 3.05) is 20.1 Å². The van der Waals surface area contributed by atoms with E-state index >= 15 is 0 Å². The molecule has 0 aliphatic carbocycles. The van der Waals surface area contributed by atoms with Gasteiger partial charge in [-0.1, -0.05) is 20.8 Å². The predicted octanol–water partition coefficient (Wildman–Crippen LogP) is 2.00. The Morgan fingerprint density at radius 1 is 1.27 bits per heavy atom. The van der Waals surface area contributed by atoms with Crippen molar-refractivity contribution in [2.45, 2.75) is 52.1 Å². The molecule has 0 saturated heterocycles. The summed E-state index contributed by atoms with van der Waals surface area (Å²) in [4.78, 5) is 2.36. The molecule has 3 nitrogen and oxygen atoms in total. The molecule has 0 aromatic heterocycles. The van der Waals surface area contributed by atoms with Crippen LogP contribution in [0.3, 0.4) is 0 Å². The average Bonchev–Trinajstić information content (AvgIpc) is 2.25. The Morgan fingerprint density at radius 3 is 2.27 bits per heavy atom. The first-order chi connectivity index (χ1) is 7.19. The predicted molar refractivity (Wildman–Crippen MR) is 64.7 cm³/mol. The van der Waals surface area contributed by atoms with Crippen LogP contribution in [0.2, 0.25) is 0 Å². The lowest BCUT2D eigenvalue weighted by atomic mass is 10.1. The average molecular weight is 211 g/mol. The molecule has 1 unspecified atom stereocenters. The first kappa shape index (κ1) is 14.4. The Morgan fingerprint density at radius 2 is 1.87 bits per heavy atom. The van der Waals surface area contributed by atoms with E-state index in [9.17, 15) is 0 Å². The van der Waals surface area contributed by atoms with Crippen LogP contribution in [-0.4, -0.2) is 37.1 Å². The second kappa shape index (κ2) is 8.70. The summed E-state index contributed by atoms with van der Waals surface area (Å²) >= 11 is 0. The second-order valence-corrected chi connectivity index (χ2v) is 3.98. The normalized spacial score (nSPS) is 13.1. The van der Waals surface area contributed by atoms with Gasteiger partial charge >= 0.3 is 0 Å². The van der Waals surface area contributed by atoms with Crippen LogP contribution >= 0.6 is 0 Å². The highest BCUT2D eigenvalue weighted by molar-refractivity contribution is 4.89. The lowest BCUT2D eigenvalue weighted by molar-refractivity contribution is 0.222. The number of nitriles is 1. The highest BCUT2D eigenvalue weighted by Crippen LogP contribution is 2.07. The third-order valence-electron chi connectivity index (χ3n) is 2.94. The molecule has 0 aliphatic heterocycles. The molecule has 0 amide bonds. The Kier molecular flexibility index (Phi) is 8.35. The van der Waals surface area contributed by atoms with Crippen molar-refractivity contribution < 1.29 is 0 Å². The highest BCUT2D eigenvalue weighted by atomic mass is 15.1. The maximum absolute atomic E-state index is 8.89. The van der Waals surface area contributed by atoms with Crippen LogP contribution in [0, 0.1) is 11.3 Å². The maximum atomic E-state index is 8.89. The van der Waals surface area contributed by atoms with Gasteiger partial charge in [-0.05, 0) is 32.9 Å². The van der Waals surface area contributed by atoms with Crippen LogP contribution in [0.25, 0.3) is 0 Å². The summed E-state index contributed by atoms with van der Waals surface area (Å²) < 4.78 is 0. The summed E-state index contributed by atoms with van der Waals surface area (Å²) in [5.41, 5.74) is 0. The molecule has 15 heavy (non-hydrogen) atoms. The van der Waals surface area contributed by atoms with Crippen molar-refractivity contribution in [3.63, 3.8) is 0 Å². The standard InChI is InChI=1S/C12H25N3/c1-5-12(6-2)15(4)9-8-11(10-13)14-7-3/h11-12,14H,5-9H2,1-4H3. The zero-order chi connectivity index (χ0) is 11.7. The molecule has 0 aromatic carbocycles. The fourth-order valence-corrected chi connectivity index (χ4v) is 1.89. The molecule has 0 bridgehead atoms. The molecule has 1 atom stereocenters. The quantitative estimate of drug-likeness (QED) is 0.667. The Balaban J connectivity index is 3.86. The van der Waals surface area contributed by atoms with E-state index in [0.29, 0.717) is 6.04 Å². The number of hydrogen-bond acceptors (Lipinski definition) is 3. The van der Waals surface area contributed by atoms with Crippen LogP contribution in [0.15, 0.2) is 0 Å². The van der Waals surface area contributed by atoms with Crippen molar-refractivity contribution in [1.29, 1.82) is 5.26 Å². The van der Waals surface area contributed by atoms with Gasteiger partial charge in [0.2, 0.25) is 0 Å². The van der Waals surface area contributed by atoms with E-state index in [1.54, 1.807) is 0 Å². The maximum Gasteiger partial charge on any atom is 0.0965 e. The van der Waals surface area contributed by atoms with E-state index in [4.69, 9.17) is 5.26 Å². The van der Waals surface area contributed by atoms with E-state index in [-0.39, 0.29) is 6.04 Å². The lowest BCUT2D eigenvalue weighted by Gasteiger charge is -2.26. The first-order valence-electron chi connectivity index (χ1n) is 6.02. The van der Waals surface area contributed by atoms with Crippen molar-refractivity contribution in [3.05, 3.63) is 0 Å². The van der Waals surface area contributed by atoms with Gasteiger partial charge in [-0.25, -0.2) is 0 Å². The van der Waals surface area contributed by atoms with E-state index in [1.165, 1.54) is 12.8 Å². The van der Waals surface area contributed by atoms with Crippen molar-refractivity contribution in [2.24, 2.45) is 0 Å². The molecule has 0 fully saturated rings. The van der Waals surface area contributed by atoms with Gasteiger partial charge in [0, 0.05) is 12.6 Å². The highest BCUT2D eigenvalue weighted by Gasteiger charge is 2.12. The number of rotatable bonds is 8. The van der Waals surface area contributed by atoms with Gasteiger partial charge in [0.15, 0.2) is 0 Å². The van der Waals surface area contributed by atoms with Crippen LogP contribution in [0.1, 0.15) is 40.0 Å². The zero-order valence-electron chi connectivity index (χ0n) is 10.6. The molecule has 0 radical (unpaired) electrons. The largest absolute Gasteiger partial charge is 0.303 e. The van der Waals surface area contributed by atoms with Gasteiger partial charge in [0.1, 0.15) is 0 Å². The van der Waals surface area contributed by atoms with E-state index in [2.05, 4.69) is 37.2 Å². The molecular formula is C12H25N3. The van der Waals surface area contributed by atoms with E-state index in [1.807, 2.05) is 6.92 Å². The number of hydrogen-bond donors (Lipinski definition) is 1. The minimum absolute atomic E-state index is 0.00631. The fourth-order valence-electron chi connectivity index (χ4n) is 1.89. The first-order valence-corrected chi connectivity index (χ1v) is 6.02. The number of nitrogens with one attached hydrogen (secondary N) is 1. The molecule has 0 saturated carbocycles. The van der Waals surface area contributed by atoms with Gasteiger partial charge in [0.25, 0.3) is 0 Å². The third-order valence-corrected chi connectivity index (χ3v) is 2.94. The Bertz CT molecular complexity index is 182. The minimum atomic E-state index is 0.00631. The van der Waals surface area contributed by atoms with Crippen LogP contribution in [-0.2, 0) is 0 Å². The van der Waals surface area contributed by atoms with Crippen molar-refractivity contribution in [1.82, 2.24) is 10.2 Å². The summed E-state index contributed by atoms with van der Waals surface area (Å²) in [6, 6.07) is 2.96. The molecule has 0 aliphatic rings. The van der Waals surface area contributed by atoms with Gasteiger partial charge in [-0.3, -0.25) is 0 Å². The minimum Gasteiger partial charge on any atom is -0.303 e. The summed E-state index contributed by atoms with van der Waals surface area (Å²) in [6.07, 6.45) is 3.29. The lowest BCUT2D eigenvalue weighted by Crippen LogP contribution is -2.36. The van der Waals surface area contributed by atoms with Crippen LogP contribution < -0.4 is 5.32 Å². The molecular weight excluding hydrogens is 186 g/mol. The molecule has 0 heterocycles. The smallest absolute Gasteiger partial charge is 0.0965 e. The van der Waals surface area contributed by atoms with Crippen LogP contribution in [0.4, 0.5) is 0 Å². The summed E-state index contributed by atoms with van der Waals surface area (Å²) in [5.74, 6) is 0. The second-order valence-electron chi connectivity index (χ2n) is 3.98. The van der Waals surface area contributed by atoms with Gasteiger partial charge < -0.3 is 10.2 Å². The fraction of sp³-hybridized carbons (Fsp3) is 0.917. The third kappa shape index (κ3) is 5.76. The SMILES string of the molecule is CCNC(C#N)CCN(C)C(CC)CC. The molecule has 0 spiro atoms. The van der Waals surface area contributed by atoms with E-state index < -0.39 is 0 Å². The Hall–Kier alpha value is -0.590. The van der Waals surface area contributed by atoms with Gasteiger partial charge in [-0.15, -0.1) is 0 Å². The molecule has 0 rings (SSSR count). The summed E-state index contributed by atoms with van der Waals surface area (Å²) in [7, 11) is 2.15. The Labute approximate surface area is 94.5 Å². The van der Waals surface area contributed by atoms with Crippen molar-refractivity contribution in [3.8, 4) is 6.07 Å². The zero-order valence-corrected chi connectivity index (χ0v) is 10.6. The molecule has 3 heteroatoms. The summed E-state index contributed by atoms with van der Waals surface area (Å²) in [6.45, 7) is 8.34. The van der Waals surface area contributed by atoms with E-state index in [0.717, 1.165) is 19.5 Å². The topological polar surface area (TPSA) is 39.1 Å². The number of nitrogens with zero attached hydrogens (tertiary/aromatic N) is 2. The molecule has 1 N–H and O–H groups in total. The van der Waals surface area contributed by atoms with Crippen LogP contribution in [0.5, 0.6) is 0 Å². The van der Waals surface area contributed by atoms with Gasteiger partial charge in [-0.2, -0.15) is 5.26 Å². The monoisotopic (exact) mass is 211 g/mol. The van der Waals surface area contributed by atoms with Crippen molar-refractivity contribution >= 4 is 0 Å². The molecule has 0 aromatic rings. The van der Waals surface area contributed by atoms with Gasteiger partial charge in [0.05, 0.1) is 12.1 Å².